The summed E-state index contributed by atoms with van der Waals surface area (Å²) in [4.78, 5) is 9.98. The van der Waals surface area contributed by atoms with Gasteiger partial charge in [0.1, 0.15) is 6.61 Å². The first-order chi connectivity index (χ1) is 3.77. The normalized spacial score (nSPS) is 9.62. The molecule has 0 amide bonds. The van der Waals surface area contributed by atoms with Gasteiger partial charge in [-0.15, -0.1) is 0 Å². The lowest BCUT2D eigenvalue weighted by atomic mass is 10.7. The summed E-state index contributed by atoms with van der Waals surface area (Å²) < 4.78 is 4.40. The fraction of sp³-hybridized carbons (Fsp3) is 0.400. The average molecular weight is 116 g/mol. The molecule has 0 fully saturated rings. The van der Waals surface area contributed by atoms with Crippen LogP contribution in [0.5, 0.6) is 0 Å². The van der Waals surface area contributed by atoms with Crippen molar-refractivity contribution in [2.24, 2.45) is 0 Å². The van der Waals surface area contributed by atoms with Gasteiger partial charge >= 0.3 is 5.97 Å². The third-order valence-electron chi connectivity index (χ3n) is 0.488. The van der Waals surface area contributed by atoms with E-state index in [1.165, 1.54) is 13.0 Å². The summed E-state index contributed by atoms with van der Waals surface area (Å²) in [5.41, 5.74) is 0. The maximum absolute atomic E-state index is 9.98. The average Bonchev–Trinajstić information content (AvgIpc) is 1.66. The summed E-state index contributed by atoms with van der Waals surface area (Å²) in [6.45, 7) is 1.46. The first kappa shape index (κ1) is 7.01. The smallest absolute Gasteiger partial charge is 0.302 e. The lowest BCUT2D eigenvalue weighted by Gasteiger charge is -1.91. The number of esters is 1. The minimum absolute atomic E-state index is 0.145. The van der Waals surface area contributed by atoms with Crippen molar-refractivity contribution in [1.82, 2.24) is 0 Å². The molecule has 0 saturated carbocycles. The molecule has 0 heterocycles. The predicted octanol–water partition coefficient (Wildman–Crippen LogP) is 0.621. The van der Waals surface area contributed by atoms with E-state index in [2.05, 4.69) is 4.74 Å². The van der Waals surface area contributed by atoms with Crippen LogP contribution in [-0.4, -0.2) is 17.7 Å². The Morgan fingerprint density at radius 1 is 1.88 bits per heavy atom. The van der Waals surface area contributed by atoms with E-state index in [9.17, 15) is 4.79 Å². The number of hydrogen-bond acceptors (Lipinski definition) is 3. The minimum Gasteiger partial charge on any atom is -0.516 e. The number of carbonyl (C=O) groups excluding carboxylic acids is 1. The zero-order valence-electron chi connectivity index (χ0n) is 4.63. The second-order valence-corrected chi connectivity index (χ2v) is 1.19. The molecule has 0 rings (SSSR count). The van der Waals surface area contributed by atoms with Crippen molar-refractivity contribution in [2.75, 3.05) is 6.61 Å². The lowest BCUT2D eigenvalue weighted by molar-refractivity contribution is -0.139. The molecule has 0 aromatic rings. The zero-order valence-corrected chi connectivity index (χ0v) is 4.63. The van der Waals surface area contributed by atoms with E-state index in [1.807, 2.05) is 0 Å². The molecule has 1 N–H and O–H groups in total. The molecule has 0 spiro atoms. The zero-order chi connectivity index (χ0) is 6.41. The number of aliphatic hydroxyl groups is 1. The third kappa shape index (κ3) is 5.01. The van der Waals surface area contributed by atoms with E-state index >= 15 is 0 Å². The molecule has 0 aliphatic rings. The molecule has 0 aliphatic heterocycles. The molecule has 3 heteroatoms. The van der Waals surface area contributed by atoms with Crippen LogP contribution in [0.3, 0.4) is 0 Å². The highest BCUT2D eigenvalue weighted by molar-refractivity contribution is 5.65. The molecule has 3 nitrogen and oxygen atoms in total. The van der Waals surface area contributed by atoms with Gasteiger partial charge < -0.3 is 9.84 Å². The van der Waals surface area contributed by atoms with Crippen LogP contribution >= 0.6 is 0 Å². The van der Waals surface area contributed by atoms with Gasteiger partial charge in [-0.1, -0.05) is 0 Å². The summed E-state index contributed by atoms with van der Waals surface area (Å²) >= 11 is 0. The Labute approximate surface area is 47.6 Å². The Bertz CT molecular complexity index is 95.8. The van der Waals surface area contributed by atoms with Gasteiger partial charge in [-0.2, -0.15) is 0 Å². The number of aliphatic hydroxyl groups excluding tert-OH is 1. The van der Waals surface area contributed by atoms with Crippen LogP contribution in [-0.2, 0) is 9.53 Å². The van der Waals surface area contributed by atoms with Gasteiger partial charge in [0, 0.05) is 6.92 Å². The van der Waals surface area contributed by atoms with Gasteiger partial charge in [0.25, 0.3) is 0 Å². The third-order valence-corrected chi connectivity index (χ3v) is 0.488. The highest BCUT2D eigenvalue weighted by atomic mass is 16.5. The molecule has 0 atom stereocenters. The Kier molecular flexibility index (Phi) is 3.66. The number of rotatable bonds is 2. The van der Waals surface area contributed by atoms with Crippen LogP contribution < -0.4 is 0 Å². The van der Waals surface area contributed by atoms with Crippen LogP contribution in [0.25, 0.3) is 0 Å². The van der Waals surface area contributed by atoms with E-state index in [-0.39, 0.29) is 12.6 Å². The predicted molar refractivity (Wildman–Crippen MR) is 28.4 cm³/mol. The van der Waals surface area contributed by atoms with Crippen molar-refractivity contribution in [3.8, 4) is 0 Å². The second-order valence-electron chi connectivity index (χ2n) is 1.19. The van der Waals surface area contributed by atoms with Crippen LogP contribution in [0.4, 0.5) is 0 Å². The molecule has 8 heavy (non-hydrogen) atoms. The molecule has 0 radical (unpaired) electrons. The van der Waals surface area contributed by atoms with Crippen LogP contribution in [0, 0.1) is 0 Å². The molecule has 0 aromatic heterocycles. The molecular formula is C5H8O3. The van der Waals surface area contributed by atoms with Gasteiger partial charge in [-0.05, 0) is 6.08 Å². The topological polar surface area (TPSA) is 46.5 Å². The van der Waals surface area contributed by atoms with Crippen molar-refractivity contribution in [3.63, 3.8) is 0 Å². The Balaban J connectivity index is 3.05. The monoisotopic (exact) mass is 116 g/mol. The summed E-state index contributed by atoms with van der Waals surface area (Å²) in [6.07, 6.45) is 2.17. The van der Waals surface area contributed by atoms with Crippen molar-refractivity contribution in [1.29, 1.82) is 0 Å². The van der Waals surface area contributed by atoms with E-state index in [4.69, 9.17) is 5.11 Å². The summed E-state index contributed by atoms with van der Waals surface area (Å²) in [5.74, 6) is -0.344. The van der Waals surface area contributed by atoms with E-state index < -0.39 is 0 Å². The fourth-order valence-electron chi connectivity index (χ4n) is 0.208. The largest absolute Gasteiger partial charge is 0.516 e. The Morgan fingerprint density at radius 3 is 2.88 bits per heavy atom. The highest BCUT2D eigenvalue weighted by Crippen LogP contribution is 1.75. The molecule has 46 valence electrons. The maximum atomic E-state index is 9.98. The molecule has 0 aromatic carbocycles. The van der Waals surface area contributed by atoms with Crippen molar-refractivity contribution in [3.05, 3.63) is 12.3 Å². The van der Waals surface area contributed by atoms with Crippen molar-refractivity contribution in [2.45, 2.75) is 6.92 Å². The molecule has 0 unspecified atom stereocenters. The molecule has 0 saturated heterocycles. The van der Waals surface area contributed by atoms with Crippen LogP contribution in [0.15, 0.2) is 12.3 Å². The minimum atomic E-state index is -0.344. The van der Waals surface area contributed by atoms with Gasteiger partial charge in [0.2, 0.25) is 0 Å². The highest BCUT2D eigenvalue weighted by Gasteiger charge is 1.84. The van der Waals surface area contributed by atoms with Crippen molar-refractivity contribution >= 4 is 5.97 Å². The standard InChI is InChI=1S/C5H8O3/c1-5(7)8-4-2-3-6/h2-3,6H,4H2,1H3. The fourth-order valence-corrected chi connectivity index (χ4v) is 0.208. The number of ether oxygens (including phenoxy) is 1. The van der Waals surface area contributed by atoms with Gasteiger partial charge in [-0.3, -0.25) is 4.79 Å². The lowest BCUT2D eigenvalue weighted by Crippen LogP contribution is -1.96. The first-order valence-corrected chi connectivity index (χ1v) is 2.20. The molecule has 0 aliphatic carbocycles. The first-order valence-electron chi connectivity index (χ1n) is 2.20. The van der Waals surface area contributed by atoms with Gasteiger partial charge in [-0.25, -0.2) is 0 Å². The van der Waals surface area contributed by atoms with E-state index in [0.717, 1.165) is 6.26 Å². The quantitative estimate of drug-likeness (QED) is 0.425. The van der Waals surface area contributed by atoms with E-state index in [1.54, 1.807) is 0 Å². The van der Waals surface area contributed by atoms with Crippen LogP contribution in [0.1, 0.15) is 6.92 Å². The molecule has 0 bridgehead atoms. The molecular weight excluding hydrogens is 108 g/mol. The van der Waals surface area contributed by atoms with Crippen LogP contribution in [0.2, 0.25) is 0 Å². The second kappa shape index (κ2) is 4.18. The maximum Gasteiger partial charge on any atom is 0.302 e. The van der Waals surface area contributed by atoms with E-state index in [0.29, 0.717) is 0 Å². The Hall–Kier alpha value is -0.990. The summed E-state index contributed by atoms with van der Waals surface area (Å²) in [6, 6.07) is 0. The number of hydrogen-bond donors (Lipinski definition) is 1. The van der Waals surface area contributed by atoms with Crippen molar-refractivity contribution < 1.29 is 14.6 Å². The SMILES string of the molecule is CC(=O)OCC=CO. The summed E-state index contributed by atoms with van der Waals surface area (Å²) in [7, 11) is 0. The summed E-state index contributed by atoms with van der Waals surface area (Å²) in [5, 5.41) is 8.01. The Morgan fingerprint density at radius 2 is 2.50 bits per heavy atom. The van der Waals surface area contributed by atoms with Gasteiger partial charge in [0.15, 0.2) is 0 Å². The van der Waals surface area contributed by atoms with Gasteiger partial charge in [0.05, 0.1) is 6.26 Å². The number of carbonyl (C=O) groups is 1.